The molecule has 0 bridgehead atoms. The van der Waals surface area contributed by atoms with Crippen molar-refractivity contribution < 1.29 is 0 Å². The maximum absolute atomic E-state index is 5.64. The smallest absolute Gasteiger partial charge is 0.00773 e. The van der Waals surface area contributed by atoms with Gasteiger partial charge in [-0.3, -0.25) is 0 Å². The van der Waals surface area contributed by atoms with Gasteiger partial charge in [0.1, 0.15) is 0 Å². The van der Waals surface area contributed by atoms with Crippen LogP contribution < -0.4 is 5.73 Å². The monoisotopic (exact) mass is 353 g/mol. The Morgan fingerprint density at radius 2 is 0.760 bits per heavy atom. The number of nitrogens with two attached hydrogens (primary N) is 1. The fraction of sp³-hybridized carbons (Fsp3) is 1.00. The van der Waals surface area contributed by atoms with Gasteiger partial charge in [-0.2, -0.15) is 0 Å². The van der Waals surface area contributed by atoms with Crippen LogP contribution in [0.25, 0.3) is 0 Å². The van der Waals surface area contributed by atoms with E-state index in [1.807, 2.05) is 0 Å². The van der Waals surface area contributed by atoms with Crippen LogP contribution in [0.1, 0.15) is 142 Å². The quantitative estimate of drug-likeness (QED) is 0.206. The molecule has 0 atom stereocenters. The minimum Gasteiger partial charge on any atom is -0.330 e. The molecule has 0 aromatic rings. The highest BCUT2D eigenvalue weighted by atomic mass is 14.5. The SMILES string of the molecule is CCCCCCCCCC(CCCCCN)CCCCCCCCC. The second kappa shape index (κ2) is 22.0. The summed E-state index contributed by atoms with van der Waals surface area (Å²) in [6.45, 7) is 5.48. The number of rotatable bonds is 21. The molecule has 0 aromatic carbocycles. The third-order valence-corrected chi connectivity index (χ3v) is 5.75. The van der Waals surface area contributed by atoms with Crippen molar-refractivity contribution in [2.24, 2.45) is 11.7 Å². The molecule has 0 radical (unpaired) electrons. The maximum Gasteiger partial charge on any atom is -0.00773 e. The Morgan fingerprint density at radius 3 is 1.12 bits per heavy atom. The standard InChI is InChI=1S/C24H51N/c1-3-5-7-9-11-13-16-20-24(22-18-15-19-23-25)21-17-14-12-10-8-6-4-2/h24H,3-23,25H2,1-2H3. The van der Waals surface area contributed by atoms with Crippen molar-refractivity contribution >= 4 is 0 Å². The molecule has 0 aliphatic heterocycles. The van der Waals surface area contributed by atoms with Gasteiger partial charge in [0.05, 0.1) is 0 Å². The Balaban J connectivity index is 3.71. The van der Waals surface area contributed by atoms with E-state index in [0.29, 0.717) is 0 Å². The van der Waals surface area contributed by atoms with Crippen molar-refractivity contribution in [2.75, 3.05) is 6.54 Å². The molecular weight excluding hydrogens is 302 g/mol. The molecule has 0 unspecified atom stereocenters. The molecule has 0 aliphatic rings. The number of unbranched alkanes of at least 4 members (excludes halogenated alkanes) is 14. The lowest BCUT2D eigenvalue weighted by atomic mass is 9.89. The summed E-state index contributed by atoms with van der Waals surface area (Å²) in [6, 6.07) is 0. The molecule has 0 amide bonds. The van der Waals surface area contributed by atoms with Crippen LogP contribution in [0, 0.1) is 5.92 Å². The molecule has 0 saturated carbocycles. The zero-order valence-corrected chi connectivity index (χ0v) is 18.0. The van der Waals surface area contributed by atoms with Crippen molar-refractivity contribution in [3.05, 3.63) is 0 Å². The molecule has 0 aliphatic carbocycles. The summed E-state index contributed by atoms with van der Waals surface area (Å²) in [7, 11) is 0. The fourth-order valence-corrected chi connectivity index (χ4v) is 3.97. The van der Waals surface area contributed by atoms with Crippen LogP contribution in [0.3, 0.4) is 0 Å². The van der Waals surface area contributed by atoms with Crippen LogP contribution in [0.2, 0.25) is 0 Å². The Labute approximate surface area is 160 Å². The average Bonchev–Trinajstić information content (AvgIpc) is 2.63. The Morgan fingerprint density at radius 1 is 0.440 bits per heavy atom. The Hall–Kier alpha value is -0.0400. The van der Waals surface area contributed by atoms with E-state index in [1.54, 1.807) is 0 Å². The molecule has 0 spiro atoms. The van der Waals surface area contributed by atoms with Crippen molar-refractivity contribution in [2.45, 2.75) is 142 Å². The summed E-state index contributed by atoms with van der Waals surface area (Å²) >= 11 is 0. The van der Waals surface area contributed by atoms with E-state index in [-0.39, 0.29) is 0 Å². The summed E-state index contributed by atoms with van der Waals surface area (Å²) in [6.07, 6.45) is 28.7. The van der Waals surface area contributed by atoms with E-state index in [2.05, 4.69) is 13.8 Å². The van der Waals surface area contributed by atoms with Gasteiger partial charge >= 0.3 is 0 Å². The summed E-state index contributed by atoms with van der Waals surface area (Å²) in [5, 5.41) is 0. The van der Waals surface area contributed by atoms with E-state index in [1.165, 1.54) is 128 Å². The van der Waals surface area contributed by atoms with Crippen LogP contribution in [0.15, 0.2) is 0 Å². The zero-order valence-electron chi connectivity index (χ0n) is 18.0. The van der Waals surface area contributed by atoms with E-state index in [4.69, 9.17) is 5.73 Å². The third kappa shape index (κ3) is 20.1. The van der Waals surface area contributed by atoms with E-state index >= 15 is 0 Å². The number of hydrogen-bond donors (Lipinski definition) is 1. The molecule has 0 aromatic heterocycles. The fourth-order valence-electron chi connectivity index (χ4n) is 3.97. The van der Waals surface area contributed by atoms with Crippen LogP contribution in [0.5, 0.6) is 0 Å². The van der Waals surface area contributed by atoms with E-state index in [0.717, 1.165) is 12.5 Å². The molecule has 1 heteroatoms. The van der Waals surface area contributed by atoms with Gasteiger partial charge in [0.2, 0.25) is 0 Å². The summed E-state index contributed by atoms with van der Waals surface area (Å²) in [5.74, 6) is 1.00. The minimum absolute atomic E-state index is 0.875. The molecule has 0 rings (SSSR count). The first kappa shape index (κ1) is 25.0. The minimum atomic E-state index is 0.875. The normalized spacial score (nSPS) is 11.5. The molecule has 1 nitrogen and oxygen atoms in total. The molecule has 2 N–H and O–H groups in total. The molecular formula is C24H51N. The van der Waals surface area contributed by atoms with Crippen molar-refractivity contribution in [1.29, 1.82) is 0 Å². The zero-order chi connectivity index (χ0) is 18.4. The first-order valence-corrected chi connectivity index (χ1v) is 12.0. The van der Waals surface area contributed by atoms with Crippen molar-refractivity contribution in [3.63, 3.8) is 0 Å². The van der Waals surface area contributed by atoms with Crippen molar-refractivity contribution in [3.8, 4) is 0 Å². The second-order valence-corrected chi connectivity index (χ2v) is 8.32. The van der Waals surface area contributed by atoms with Crippen LogP contribution in [-0.4, -0.2) is 6.54 Å². The van der Waals surface area contributed by atoms with Gasteiger partial charge in [-0.25, -0.2) is 0 Å². The van der Waals surface area contributed by atoms with E-state index in [9.17, 15) is 0 Å². The molecule has 152 valence electrons. The van der Waals surface area contributed by atoms with Gasteiger partial charge in [0.15, 0.2) is 0 Å². The lowest BCUT2D eigenvalue weighted by Gasteiger charge is -2.17. The van der Waals surface area contributed by atoms with Gasteiger partial charge in [0.25, 0.3) is 0 Å². The van der Waals surface area contributed by atoms with Gasteiger partial charge in [0, 0.05) is 0 Å². The van der Waals surface area contributed by atoms with Gasteiger partial charge in [-0.1, -0.05) is 136 Å². The van der Waals surface area contributed by atoms with Crippen LogP contribution in [0.4, 0.5) is 0 Å². The largest absolute Gasteiger partial charge is 0.330 e. The highest BCUT2D eigenvalue weighted by Gasteiger charge is 2.08. The summed E-state index contributed by atoms with van der Waals surface area (Å²) in [4.78, 5) is 0. The highest BCUT2D eigenvalue weighted by Crippen LogP contribution is 2.24. The lowest BCUT2D eigenvalue weighted by molar-refractivity contribution is 0.367. The van der Waals surface area contributed by atoms with Crippen LogP contribution in [-0.2, 0) is 0 Å². The molecule has 0 saturated heterocycles. The average molecular weight is 354 g/mol. The predicted octanol–water partition coefficient (Wildman–Crippen LogP) is 8.40. The summed E-state index contributed by atoms with van der Waals surface area (Å²) < 4.78 is 0. The highest BCUT2D eigenvalue weighted by molar-refractivity contribution is 4.62. The first-order valence-electron chi connectivity index (χ1n) is 12.0. The summed E-state index contributed by atoms with van der Waals surface area (Å²) in [5.41, 5.74) is 5.64. The molecule has 0 fully saturated rings. The van der Waals surface area contributed by atoms with Crippen molar-refractivity contribution in [1.82, 2.24) is 0 Å². The predicted molar refractivity (Wildman–Crippen MR) is 116 cm³/mol. The third-order valence-electron chi connectivity index (χ3n) is 5.75. The van der Waals surface area contributed by atoms with Gasteiger partial charge in [-0.15, -0.1) is 0 Å². The lowest BCUT2D eigenvalue weighted by Crippen LogP contribution is -2.03. The molecule has 0 heterocycles. The van der Waals surface area contributed by atoms with E-state index < -0.39 is 0 Å². The molecule has 25 heavy (non-hydrogen) atoms. The van der Waals surface area contributed by atoms with Crippen LogP contribution >= 0.6 is 0 Å². The maximum atomic E-state index is 5.64. The second-order valence-electron chi connectivity index (χ2n) is 8.32. The Kier molecular flexibility index (Phi) is 22.0. The van der Waals surface area contributed by atoms with Gasteiger partial charge < -0.3 is 5.73 Å². The van der Waals surface area contributed by atoms with Gasteiger partial charge in [-0.05, 0) is 18.9 Å². The number of hydrogen-bond acceptors (Lipinski definition) is 1. The topological polar surface area (TPSA) is 26.0 Å². The first-order chi connectivity index (χ1) is 12.3. The Bertz CT molecular complexity index is 208.